The number of rotatable bonds is 4. The SMILES string of the molecule is COC(=O)CCCn1c(C)nc2c1CCCC2. The molecule has 1 aliphatic rings. The van der Waals surface area contributed by atoms with Gasteiger partial charge in [0, 0.05) is 18.7 Å². The average molecular weight is 236 g/mol. The number of imidazole rings is 1. The van der Waals surface area contributed by atoms with E-state index in [0.29, 0.717) is 6.42 Å². The fourth-order valence-corrected chi connectivity index (χ4v) is 2.52. The van der Waals surface area contributed by atoms with Gasteiger partial charge in [0.15, 0.2) is 0 Å². The van der Waals surface area contributed by atoms with Gasteiger partial charge in [0.2, 0.25) is 0 Å². The van der Waals surface area contributed by atoms with Crippen LogP contribution in [0.5, 0.6) is 0 Å². The summed E-state index contributed by atoms with van der Waals surface area (Å²) < 4.78 is 6.92. The Bertz CT molecular complexity index is 410. The van der Waals surface area contributed by atoms with E-state index in [0.717, 1.165) is 31.6 Å². The van der Waals surface area contributed by atoms with Gasteiger partial charge in [-0.2, -0.15) is 0 Å². The molecule has 0 saturated carbocycles. The number of nitrogens with zero attached hydrogens (tertiary/aromatic N) is 2. The van der Waals surface area contributed by atoms with E-state index in [1.165, 1.54) is 31.3 Å². The highest BCUT2D eigenvalue weighted by Gasteiger charge is 2.17. The molecular weight excluding hydrogens is 216 g/mol. The molecule has 0 spiro atoms. The molecule has 0 radical (unpaired) electrons. The van der Waals surface area contributed by atoms with Crippen molar-refractivity contribution in [1.29, 1.82) is 0 Å². The van der Waals surface area contributed by atoms with Crippen molar-refractivity contribution in [2.75, 3.05) is 7.11 Å². The molecular formula is C13H20N2O2. The summed E-state index contributed by atoms with van der Waals surface area (Å²) in [7, 11) is 1.44. The summed E-state index contributed by atoms with van der Waals surface area (Å²) in [6, 6.07) is 0. The fraction of sp³-hybridized carbons (Fsp3) is 0.692. The molecule has 94 valence electrons. The summed E-state index contributed by atoms with van der Waals surface area (Å²) in [5.74, 6) is 0.957. The molecule has 4 heteroatoms. The maximum atomic E-state index is 11.1. The van der Waals surface area contributed by atoms with Gasteiger partial charge < -0.3 is 9.30 Å². The van der Waals surface area contributed by atoms with Crippen molar-refractivity contribution >= 4 is 5.97 Å². The first-order valence-corrected chi connectivity index (χ1v) is 6.34. The van der Waals surface area contributed by atoms with Crippen LogP contribution in [-0.4, -0.2) is 22.6 Å². The van der Waals surface area contributed by atoms with Crippen LogP contribution >= 0.6 is 0 Å². The monoisotopic (exact) mass is 236 g/mol. The molecule has 17 heavy (non-hydrogen) atoms. The lowest BCUT2D eigenvalue weighted by molar-refractivity contribution is -0.140. The molecule has 0 aromatic carbocycles. The Labute approximate surface area is 102 Å². The van der Waals surface area contributed by atoms with E-state index in [9.17, 15) is 4.79 Å². The van der Waals surface area contributed by atoms with Crippen LogP contribution in [0.25, 0.3) is 0 Å². The minimum absolute atomic E-state index is 0.128. The van der Waals surface area contributed by atoms with Crippen molar-refractivity contribution < 1.29 is 9.53 Å². The van der Waals surface area contributed by atoms with Gasteiger partial charge in [0.05, 0.1) is 12.8 Å². The second-order valence-electron chi connectivity index (χ2n) is 4.59. The fourth-order valence-electron chi connectivity index (χ4n) is 2.52. The largest absolute Gasteiger partial charge is 0.469 e. The summed E-state index contributed by atoms with van der Waals surface area (Å²) in [4.78, 5) is 15.7. The van der Waals surface area contributed by atoms with Crippen molar-refractivity contribution in [3.8, 4) is 0 Å². The molecule has 0 fully saturated rings. The Hall–Kier alpha value is -1.32. The summed E-state index contributed by atoms with van der Waals surface area (Å²) in [6.07, 6.45) is 6.08. The Morgan fingerprint density at radius 3 is 2.94 bits per heavy atom. The van der Waals surface area contributed by atoms with Gasteiger partial charge in [-0.3, -0.25) is 4.79 Å². The molecule has 0 aliphatic heterocycles. The van der Waals surface area contributed by atoms with Crippen LogP contribution in [0.15, 0.2) is 0 Å². The first-order valence-electron chi connectivity index (χ1n) is 6.34. The number of aromatic nitrogens is 2. The Kier molecular flexibility index (Phi) is 3.82. The maximum absolute atomic E-state index is 11.1. The number of hydrogen-bond acceptors (Lipinski definition) is 3. The summed E-state index contributed by atoms with van der Waals surface area (Å²) >= 11 is 0. The van der Waals surface area contributed by atoms with Crippen molar-refractivity contribution in [1.82, 2.24) is 9.55 Å². The van der Waals surface area contributed by atoms with Gasteiger partial charge in [-0.05, 0) is 39.0 Å². The molecule has 0 saturated heterocycles. The number of carbonyl (C=O) groups is 1. The van der Waals surface area contributed by atoms with Gasteiger partial charge in [-0.1, -0.05) is 0 Å². The third-order valence-electron chi connectivity index (χ3n) is 3.41. The Balaban J connectivity index is 2.00. The van der Waals surface area contributed by atoms with Crippen molar-refractivity contribution in [2.24, 2.45) is 0 Å². The molecule has 1 aliphatic carbocycles. The molecule has 4 nitrogen and oxygen atoms in total. The second kappa shape index (κ2) is 5.34. The highest BCUT2D eigenvalue weighted by molar-refractivity contribution is 5.68. The van der Waals surface area contributed by atoms with Crippen molar-refractivity contribution in [2.45, 2.75) is 52.0 Å². The summed E-state index contributed by atoms with van der Waals surface area (Å²) in [5, 5.41) is 0. The molecule has 0 unspecified atom stereocenters. The van der Waals surface area contributed by atoms with E-state index in [4.69, 9.17) is 0 Å². The van der Waals surface area contributed by atoms with Gasteiger partial charge in [-0.15, -0.1) is 0 Å². The highest BCUT2D eigenvalue weighted by atomic mass is 16.5. The lowest BCUT2D eigenvalue weighted by atomic mass is 10.0. The van der Waals surface area contributed by atoms with E-state index in [1.54, 1.807) is 0 Å². The van der Waals surface area contributed by atoms with Crippen LogP contribution < -0.4 is 0 Å². The van der Waals surface area contributed by atoms with Crippen molar-refractivity contribution in [3.63, 3.8) is 0 Å². The zero-order valence-electron chi connectivity index (χ0n) is 10.7. The third kappa shape index (κ3) is 2.68. The van der Waals surface area contributed by atoms with E-state index in [2.05, 4.69) is 21.2 Å². The molecule has 1 aromatic heterocycles. The number of aryl methyl sites for hydroxylation is 2. The Morgan fingerprint density at radius 1 is 1.41 bits per heavy atom. The van der Waals surface area contributed by atoms with Crippen molar-refractivity contribution in [3.05, 3.63) is 17.2 Å². The van der Waals surface area contributed by atoms with E-state index in [-0.39, 0.29) is 5.97 Å². The van der Waals surface area contributed by atoms with Crippen LogP contribution in [-0.2, 0) is 28.9 Å². The van der Waals surface area contributed by atoms with Crippen LogP contribution in [0.1, 0.15) is 42.9 Å². The van der Waals surface area contributed by atoms with Gasteiger partial charge in [0.1, 0.15) is 5.82 Å². The average Bonchev–Trinajstić information content (AvgIpc) is 2.66. The molecule has 0 amide bonds. The minimum atomic E-state index is -0.128. The maximum Gasteiger partial charge on any atom is 0.305 e. The molecule has 2 rings (SSSR count). The zero-order valence-corrected chi connectivity index (χ0v) is 10.7. The molecule has 0 bridgehead atoms. The van der Waals surface area contributed by atoms with Crippen LogP contribution in [0.2, 0.25) is 0 Å². The van der Waals surface area contributed by atoms with Gasteiger partial charge >= 0.3 is 5.97 Å². The number of carbonyl (C=O) groups excluding carboxylic acids is 1. The molecule has 0 atom stereocenters. The van der Waals surface area contributed by atoms with Gasteiger partial charge in [0.25, 0.3) is 0 Å². The lowest BCUT2D eigenvalue weighted by Gasteiger charge is -2.14. The topological polar surface area (TPSA) is 44.1 Å². The number of ether oxygens (including phenoxy) is 1. The molecule has 1 aromatic rings. The smallest absolute Gasteiger partial charge is 0.305 e. The number of fused-ring (bicyclic) bond motifs is 1. The Morgan fingerprint density at radius 2 is 2.18 bits per heavy atom. The standard InChI is InChI=1S/C13H20N2O2/c1-10-14-11-6-3-4-7-12(11)15(10)9-5-8-13(16)17-2/h3-9H2,1-2H3. The summed E-state index contributed by atoms with van der Waals surface area (Å²) in [6.45, 7) is 2.93. The first kappa shape index (κ1) is 12.1. The molecule has 1 heterocycles. The minimum Gasteiger partial charge on any atom is -0.469 e. The third-order valence-corrected chi connectivity index (χ3v) is 3.41. The normalized spacial score (nSPS) is 14.5. The highest BCUT2D eigenvalue weighted by Crippen LogP contribution is 2.22. The quantitative estimate of drug-likeness (QED) is 0.751. The second-order valence-corrected chi connectivity index (χ2v) is 4.59. The van der Waals surface area contributed by atoms with Crippen LogP contribution in [0.3, 0.4) is 0 Å². The lowest BCUT2D eigenvalue weighted by Crippen LogP contribution is -2.11. The van der Waals surface area contributed by atoms with E-state index < -0.39 is 0 Å². The number of esters is 1. The molecule has 0 N–H and O–H groups in total. The van der Waals surface area contributed by atoms with Gasteiger partial charge in [-0.25, -0.2) is 4.98 Å². The van der Waals surface area contributed by atoms with E-state index in [1.807, 2.05) is 0 Å². The van der Waals surface area contributed by atoms with E-state index >= 15 is 0 Å². The number of hydrogen-bond donors (Lipinski definition) is 0. The first-order chi connectivity index (χ1) is 8.22. The zero-order chi connectivity index (χ0) is 12.3. The number of methoxy groups -OCH3 is 1. The predicted octanol–water partition coefficient (Wildman–Crippen LogP) is 2.02. The summed E-state index contributed by atoms with van der Waals surface area (Å²) in [5.41, 5.74) is 2.66. The van der Waals surface area contributed by atoms with Crippen LogP contribution in [0.4, 0.5) is 0 Å². The predicted molar refractivity (Wildman–Crippen MR) is 64.9 cm³/mol. The van der Waals surface area contributed by atoms with Crippen LogP contribution in [0, 0.1) is 6.92 Å².